The van der Waals surface area contributed by atoms with Crippen LogP contribution in [0, 0.1) is 24.2 Å². The second kappa shape index (κ2) is 19.5. The number of amides is 2. The second-order valence-corrected chi connectivity index (χ2v) is 9.80. The molecule has 43 heavy (non-hydrogen) atoms. The molecule has 242 valence electrons. The van der Waals surface area contributed by atoms with Gasteiger partial charge in [-0.25, -0.2) is 14.6 Å². The zero-order valence-electron chi connectivity index (χ0n) is 24.3. The summed E-state index contributed by atoms with van der Waals surface area (Å²) in [7, 11) is 0. The number of carbonyl (C=O) groups excluding carboxylic acids is 2. The molecular weight excluding hydrogens is 570 g/mol. The Morgan fingerprint density at radius 3 is 2.23 bits per heavy atom. The molecule has 16 nitrogen and oxygen atoms in total. The molecule has 16 heteroatoms. The highest BCUT2D eigenvalue weighted by atomic mass is 16.6. The maximum Gasteiger partial charge on any atom is 0.407 e. The molecule has 1 aliphatic heterocycles. The molecule has 0 saturated heterocycles. The minimum atomic E-state index is -1.44. The number of carboxylic acids is 1. The van der Waals surface area contributed by atoms with Crippen molar-refractivity contribution in [1.29, 1.82) is 0 Å². The second-order valence-electron chi connectivity index (χ2n) is 9.80. The quantitative estimate of drug-likeness (QED) is 0.0367. The number of carboxylic acid groups (broad SMARTS) is 1. The third-order valence-electron chi connectivity index (χ3n) is 6.35. The molecule has 0 radical (unpaired) electrons. The fourth-order valence-electron chi connectivity index (χ4n) is 3.97. The highest BCUT2D eigenvalue weighted by Crippen LogP contribution is 2.31. The number of terminal acetylenes is 1. The highest BCUT2D eigenvalue weighted by Gasteiger charge is 2.44. The summed E-state index contributed by atoms with van der Waals surface area (Å²) in [5, 5.41) is 25.6. The summed E-state index contributed by atoms with van der Waals surface area (Å²) in [6.07, 6.45) is 2.89. The number of aliphatic imine (C=N–C) groups is 1. The molecule has 1 fully saturated rings. The molecule has 0 bridgehead atoms. The summed E-state index contributed by atoms with van der Waals surface area (Å²) in [5.41, 5.74) is 11.0. The lowest BCUT2D eigenvalue weighted by Gasteiger charge is -2.38. The minimum Gasteiger partial charge on any atom is -0.479 e. The van der Waals surface area contributed by atoms with Crippen LogP contribution in [0.2, 0.25) is 0 Å². The molecule has 1 heterocycles. The molecule has 0 spiro atoms. The van der Waals surface area contributed by atoms with Gasteiger partial charge in [-0.15, -0.1) is 6.42 Å². The van der Waals surface area contributed by atoms with E-state index in [0.29, 0.717) is 33.0 Å². The van der Waals surface area contributed by atoms with Crippen molar-refractivity contribution in [2.75, 3.05) is 65.9 Å². The number of alkyl carbamates (subject to hydrolysis) is 1. The van der Waals surface area contributed by atoms with E-state index in [0.717, 1.165) is 12.8 Å². The fourth-order valence-corrected chi connectivity index (χ4v) is 3.97. The van der Waals surface area contributed by atoms with E-state index >= 15 is 0 Å². The number of nitrogens with zero attached hydrogens (tertiary/aromatic N) is 1. The van der Waals surface area contributed by atoms with Crippen molar-refractivity contribution in [2.24, 2.45) is 28.3 Å². The molecule has 0 aromatic rings. The Morgan fingerprint density at radius 1 is 1.07 bits per heavy atom. The van der Waals surface area contributed by atoms with Gasteiger partial charge in [0, 0.05) is 24.9 Å². The Hall–Kier alpha value is -3.62. The molecule has 2 rings (SSSR count). The maximum absolute atomic E-state index is 12.7. The van der Waals surface area contributed by atoms with Gasteiger partial charge in [-0.1, -0.05) is 12.8 Å². The molecule has 0 aromatic carbocycles. The molecule has 5 atom stereocenters. The van der Waals surface area contributed by atoms with Crippen LogP contribution in [0.3, 0.4) is 0 Å². The lowest BCUT2D eigenvalue weighted by molar-refractivity contribution is -0.145. The number of hydrogen-bond donors (Lipinski definition) is 6. The first kappa shape index (κ1) is 35.6. The van der Waals surface area contributed by atoms with Crippen molar-refractivity contribution in [2.45, 2.75) is 44.1 Å². The van der Waals surface area contributed by atoms with Crippen LogP contribution in [0.15, 0.2) is 16.8 Å². The van der Waals surface area contributed by atoms with Gasteiger partial charge in [0.05, 0.1) is 52.3 Å². The lowest BCUT2D eigenvalue weighted by atomic mass is 9.87. The van der Waals surface area contributed by atoms with Crippen molar-refractivity contribution in [3.05, 3.63) is 11.8 Å². The van der Waals surface area contributed by atoms with Gasteiger partial charge in [-0.05, 0) is 18.9 Å². The van der Waals surface area contributed by atoms with Crippen molar-refractivity contribution in [3.8, 4) is 12.3 Å². The molecular formula is C27H43N5O11. The van der Waals surface area contributed by atoms with Gasteiger partial charge in [-0.3, -0.25) is 4.79 Å². The van der Waals surface area contributed by atoms with Gasteiger partial charge in [0.15, 0.2) is 12.1 Å². The smallest absolute Gasteiger partial charge is 0.407 e. The van der Waals surface area contributed by atoms with Gasteiger partial charge >= 0.3 is 12.1 Å². The van der Waals surface area contributed by atoms with E-state index < -0.39 is 48.1 Å². The van der Waals surface area contributed by atoms with E-state index in [2.05, 4.69) is 21.5 Å². The standard InChI is InChI=1S/C27H43N5O11/c1-3-7-38-9-11-40-13-14-41-12-10-39-8-6-30-27(37)43-23(20(33)16-31-24(34)18-4-5-18)22-17(2)19(32-26(28)29)15-21(42-22)25(35)36/h1,15,17-20,22-23,33H,4-14,16H2,2H3,(H,30,37)(H,31,34)(H,35,36)(H4,28,29,32)/t17-,19+,20-,22-,23-/m1/s1. The number of ether oxygens (including phenoxy) is 6. The molecule has 0 aromatic heterocycles. The Labute approximate surface area is 250 Å². The van der Waals surface area contributed by atoms with Crippen molar-refractivity contribution >= 4 is 23.9 Å². The van der Waals surface area contributed by atoms with E-state index in [1.165, 1.54) is 6.08 Å². The molecule has 2 amide bonds. The average Bonchev–Trinajstić information content (AvgIpc) is 3.81. The molecule has 1 aliphatic carbocycles. The van der Waals surface area contributed by atoms with Crippen molar-refractivity contribution in [3.63, 3.8) is 0 Å². The molecule has 2 aliphatic rings. The summed E-state index contributed by atoms with van der Waals surface area (Å²) in [6, 6.07) is -0.840. The zero-order chi connectivity index (χ0) is 31.6. The largest absolute Gasteiger partial charge is 0.479 e. The zero-order valence-corrected chi connectivity index (χ0v) is 24.3. The summed E-state index contributed by atoms with van der Waals surface area (Å²) >= 11 is 0. The van der Waals surface area contributed by atoms with Gasteiger partial charge in [0.25, 0.3) is 0 Å². The maximum atomic E-state index is 12.7. The summed E-state index contributed by atoms with van der Waals surface area (Å²) in [4.78, 5) is 40.6. The predicted octanol–water partition coefficient (Wildman–Crippen LogP) is -1.69. The minimum absolute atomic E-state index is 0.0683. The van der Waals surface area contributed by atoms with Gasteiger partial charge in [0.1, 0.15) is 18.8 Å². The Morgan fingerprint density at radius 2 is 1.67 bits per heavy atom. The van der Waals surface area contributed by atoms with E-state index in [4.69, 9.17) is 46.3 Å². The number of nitrogens with one attached hydrogen (secondary N) is 2. The van der Waals surface area contributed by atoms with E-state index in [-0.39, 0.29) is 50.7 Å². The molecule has 0 unspecified atom stereocenters. The monoisotopic (exact) mass is 613 g/mol. The van der Waals surface area contributed by atoms with Crippen LogP contribution >= 0.6 is 0 Å². The van der Waals surface area contributed by atoms with Gasteiger partial charge in [-0.2, -0.15) is 0 Å². The van der Waals surface area contributed by atoms with Gasteiger partial charge in [0.2, 0.25) is 11.7 Å². The number of nitrogens with two attached hydrogens (primary N) is 2. The van der Waals surface area contributed by atoms with Crippen molar-refractivity contribution in [1.82, 2.24) is 10.6 Å². The normalized spacial score (nSPS) is 20.9. The van der Waals surface area contributed by atoms with Crippen molar-refractivity contribution < 1.29 is 53.0 Å². The first-order valence-electron chi connectivity index (χ1n) is 14.0. The lowest BCUT2D eigenvalue weighted by Crippen LogP contribution is -2.54. The molecule has 8 N–H and O–H groups in total. The number of hydrogen-bond acceptors (Lipinski definition) is 11. The van der Waals surface area contributed by atoms with Crippen LogP contribution in [0.25, 0.3) is 0 Å². The van der Waals surface area contributed by atoms with Crippen LogP contribution in [0.4, 0.5) is 4.79 Å². The van der Waals surface area contributed by atoms with E-state index in [1.807, 2.05) is 0 Å². The van der Waals surface area contributed by atoms with Gasteiger partial charge < -0.3 is 60.7 Å². The number of carbonyl (C=O) groups is 3. The summed E-state index contributed by atoms with van der Waals surface area (Å²) < 4.78 is 32.3. The van der Waals surface area contributed by atoms with Crippen LogP contribution in [0.5, 0.6) is 0 Å². The topological polar surface area (TPSA) is 236 Å². The number of aliphatic hydroxyl groups excluding tert-OH is 1. The fraction of sp³-hybridized carbons (Fsp3) is 0.704. The molecule has 1 saturated carbocycles. The van der Waals surface area contributed by atoms with Crippen LogP contribution in [0.1, 0.15) is 19.8 Å². The highest BCUT2D eigenvalue weighted by molar-refractivity contribution is 5.85. The number of rotatable bonds is 21. The first-order chi connectivity index (χ1) is 20.6. The third kappa shape index (κ3) is 13.9. The Kier molecular flexibility index (Phi) is 16.2. The average molecular weight is 614 g/mol. The Balaban J connectivity index is 1.83. The third-order valence-corrected chi connectivity index (χ3v) is 6.35. The number of guanidine groups is 1. The van der Waals surface area contributed by atoms with Crippen LogP contribution in [-0.2, 0) is 38.0 Å². The van der Waals surface area contributed by atoms with Crippen LogP contribution < -0.4 is 22.1 Å². The predicted molar refractivity (Wildman–Crippen MR) is 151 cm³/mol. The first-order valence-corrected chi connectivity index (χ1v) is 14.0. The SMILES string of the molecule is C#CCOCCOCCOCCOCCNC(=O)O[C@@H]([C@@H]1OC(C(=O)O)=C[C@H](N=C(N)N)[C@H]1C)[C@H](O)CNC(=O)C1CC1. The van der Waals surface area contributed by atoms with Crippen LogP contribution in [-0.4, -0.2) is 124 Å². The summed E-state index contributed by atoms with van der Waals surface area (Å²) in [6.45, 7) is 4.02. The Bertz CT molecular complexity index is 994. The summed E-state index contributed by atoms with van der Waals surface area (Å²) in [5.74, 6) is -0.775. The van der Waals surface area contributed by atoms with E-state index in [1.54, 1.807) is 6.92 Å². The number of aliphatic hydroxyl groups is 1. The number of aliphatic carboxylic acids is 1. The van der Waals surface area contributed by atoms with E-state index in [9.17, 15) is 24.6 Å².